The number of ether oxygens (including phenoxy) is 6. The van der Waals surface area contributed by atoms with Gasteiger partial charge in [-0.05, 0) is 32.6 Å². The summed E-state index contributed by atoms with van der Waals surface area (Å²) in [5.41, 5.74) is 0. The van der Waals surface area contributed by atoms with E-state index in [2.05, 4.69) is 0 Å². The second-order valence-electron chi connectivity index (χ2n) is 8.50. The number of hydrogen-bond acceptors (Lipinski definition) is 9. The monoisotopic (exact) mass is 518 g/mol. The summed E-state index contributed by atoms with van der Waals surface area (Å²) in [4.78, 5) is 0. The van der Waals surface area contributed by atoms with Gasteiger partial charge in [0.05, 0.1) is 51.3 Å². The predicted octanol–water partition coefficient (Wildman–Crippen LogP) is 3.83. The standard InChI is InChI=1S/C27H50O9/c1-5-8-14-31-18-13-27(35-19-24(4)28,36-23-26(30)22-33-16-10-7-3)12-11-17-34-21-25(29)20-32-15-9-6-2/h8-10,14-16,24-26,28-30H,5-7,11-13,17-23H2,1-4H3. The maximum Gasteiger partial charge on any atom is 0.171 e. The smallest absolute Gasteiger partial charge is 0.171 e. The minimum Gasteiger partial charge on any atom is -0.501 e. The second kappa shape index (κ2) is 23.8. The summed E-state index contributed by atoms with van der Waals surface area (Å²) in [5, 5.41) is 30.1. The zero-order valence-corrected chi connectivity index (χ0v) is 22.7. The Morgan fingerprint density at radius 3 is 1.72 bits per heavy atom. The largest absolute Gasteiger partial charge is 0.501 e. The van der Waals surface area contributed by atoms with Crippen molar-refractivity contribution in [3.8, 4) is 0 Å². The van der Waals surface area contributed by atoms with Crippen molar-refractivity contribution in [2.45, 2.75) is 90.3 Å². The lowest BCUT2D eigenvalue weighted by Crippen LogP contribution is -2.42. The van der Waals surface area contributed by atoms with E-state index < -0.39 is 24.1 Å². The average molecular weight is 519 g/mol. The Morgan fingerprint density at radius 1 is 0.639 bits per heavy atom. The van der Waals surface area contributed by atoms with Gasteiger partial charge in [0, 0.05) is 19.4 Å². The molecule has 4 atom stereocenters. The van der Waals surface area contributed by atoms with Gasteiger partial charge < -0.3 is 43.7 Å². The molecule has 0 aliphatic rings. The minimum atomic E-state index is -1.09. The summed E-state index contributed by atoms with van der Waals surface area (Å²) in [6.45, 7) is 8.82. The van der Waals surface area contributed by atoms with Gasteiger partial charge in [0.1, 0.15) is 25.4 Å². The molecule has 212 valence electrons. The number of allylic oxidation sites excluding steroid dienone is 3. The van der Waals surface area contributed by atoms with Crippen molar-refractivity contribution in [3.05, 3.63) is 37.0 Å². The van der Waals surface area contributed by atoms with Crippen LogP contribution in [0.2, 0.25) is 0 Å². The zero-order chi connectivity index (χ0) is 26.9. The summed E-state index contributed by atoms with van der Waals surface area (Å²) in [6, 6.07) is 0. The first kappa shape index (κ1) is 34.4. The number of rotatable bonds is 25. The van der Waals surface area contributed by atoms with Crippen LogP contribution in [0.25, 0.3) is 0 Å². The zero-order valence-electron chi connectivity index (χ0n) is 22.7. The molecule has 0 rings (SSSR count). The predicted molar refractivity (Wildman–Crippen MR) is 139 cm³/mol. The highest BCUT2D eigenvalue weighted by atomic mass is 16.7. The van der Waals surface area contributed by atoms with Crippen molar-refractivity contribution in [2.24, 2.45) is 0 Å². The normalized spacial score (nSPS) is 16.4. The number of aliphatic hydroxyl groups excluding tert-OH is 3. The fraction of sp³-hybridized carbons (Fsp3) is 0.778. The van der Waals surface area contributed by atoms with Gasteiger partial charge in [-0.15, -0.1) is 0 Å². The molecule has 0 saturated carbocycles. The molecule has 0 aromatic carbocycles. The lowest BCUT2D eigenvalue weighted by molar-refractivity contribution is -0.266. The van der Waals surface area contributed by atoms with Crippen molar-refractivity contribution in [2.75, 3.05) is 46.2 Å². The van der Waals surface area contributed by atoms with E-state index in [1.54, 1.807) is 25.7 Å². The van der Waals surface area contributed by atoms with Gasteiger partial charge in [-0.1, -0.05) is 39.0 Å². The maximum atomic E-state index is 10.3. The Bertz CT molecular complexity index is 565. The Labute approximate surface area is 217 Å². The molecule has 0 aliphatic carbocycles. The molecule has 0 aliphatic heterocycles. The summed E-state index contributed by atoms with van der Waals surface area (Å²) < 4.78 is 33.8. The van der Waals surface area contributed by atoms with Gasteiger partial charge in [0.2, 0.25) is 0 Å². The number of hydrogen-bond donors (Lipinski definition) is 3. The lowest BCUT2D eigenvalue weighted by atomic mass is 10.1. The van der Waals surface area contributed by atoms with Gasteiger partial charge in [-0.25, -0.2) is 0 Å². The fourth-order valence-electron chi connectivity index (χ4n) is 2.84. The molecule has 9 heteroatoms. The quantitative estimate of drug-likeness (QED) is 0.0942. The fourth-order valence-corrected chi connectivity index (χ4v) is 2.84. The third-order valence-corrected chi connectivity index (χ3v) is 4.75. The maximum absolute atomic E-state index is 10.3. The molecular formula is C27H50O9. The highest BCUT2D eigenvalue weighted by Gasteiger charge is 2.33. The molecule has 0 aromatic rings. The van der Waals surface area contributed by atoms with E-state index in [0.717, 1.165) is 19.3 Å². The first-order valence-corrected chi connectivity index (χ1v) is 13.1. The second-order valence-corrected chi connectivity index (χ2v) is 8.50. The van der Waals surface area contributed by atoms with E-state index in [0.29, 0.717) is 32.5 Å². The topological polar surface area (TPSA) is 116 Å². The molecule has 0 fully saturated rings. The molecule has 0 radical (unpaired) electrons. The van der Waals surface area contributed by atoms with Crippen molar-refractivity contribution in [3.63, 3.8) is 0 Å². The first-order chi connectivity index (χ1) is 17.4. The molecule has 0 aromatic heterocycles. The van der Waals surface area contributed by atoms with Crippen LogP contribution in [0.4, 0.5) is 0 Å². The highest BCUT2D eigenvalue weighted by Crippen LogP contribution is 2.26. The summed E-state index contributed by atoms with van der Waals surface area (Å²) in [5.74, 6) is -1.09. The molecule has 0 spiro atoms. The Hall–Kier alpha value is -1.62. The third kappa shape index (κ3) is 20.6. The van der Waals surface area contributed by atoms with Crippen molar-refractivity contribution < 1.29 is 43.7 Å². The van der Waals surface area contributed by atoms with Gasteiger partial charge >= 0.3 is 0 Å². The van der Waals surface area contributed by atoms with Gasteiger partial charge in [0.25, 0.3) is 0 Å². The van der Waals surface area contributed by atoms with Crippen LogP contribution in [-0.4, -0.2) is 85.7 Å². The van der Waals surface area contributed by atoms with Crippen LogP contribution in [0.3, 0.4) is 0 Å². The van der Waals surface area contributed by atoms with Crippen molar-refractivity contribution in [1.82, 2.24) is 0 Å². The van der Waals surface area contributed by atoms with Crippen molar-refractivity contribution >= 4 is 0 Å². The lowest BCUT2D eigenvalue weighted by Gasteiger charge is -2.35. The highest BCUT2D eigenvalue weighted by molar-refractivity contribution is 4.76. The Kier molecular flexibility index (Phi) is 22.7. The molecule has 0 saturated heterocycles. The van der Waals surface area contributed by atoms with Crippen LogP contribution in [0, 0.1) is 0 Å². The molecule has 0 bridgehead atoms. The van der Waals surface area contributed by atoms with Gasteiger partial charge in [0.15, 0.2) is 5.79 Å². The van der Waals surface area contributed by atoms with E-state index in [1.165, 1.54) is 0 Å². The Morgan fingerprint density at radius 2 is 1.17 bits per heavy atom. The molecular weight excluding hydrogens is 468 g/mol. The SMILES string of the molecule is CCC=COCCC(CCCOCC(O)COC=CCC)(OCC(C)O)OCC(O)COC=CCC. The molecule has 4 unspecified atom stereocenters. The summed E-state index contributed by atoms with van der Waals surface area (Å²) >= 11 is 0. The molecule has 36 heavy (non-hydrogen) atoms. The molecule has 0 heterocycles. The minimum absolute atomic E-state index is 0.00718. The summed E-state index contributed by atoms with van der Waals surface area (Å²) in [7, 11) is 0. The molecule has 3 N–H and O–H groups in total. The molecule has 9 nitrogen and oxygen atoms in total. The van der Waals surface area contributed by atoms with E-state index in [4.69, 9.17) is 28.4 Å². The Balaban J connectivity index is 4.93. The number of aliphatic hydroxyl groups is 3. The van der Waals surface area contributed by atoms with Gasteiger partial charge in [-0.2, -0.15) is 0 Å². The van der Waals surface area contributed by atoms with Crippen LogP contribution >= 0.6 is 0 Å². The van der Waals surface area contributed by atoms with E-state index in [1.807, 2.05) is 39.0 Å². The van der Waals surface area contributed by atoms with Crippen LogP contribution < -0.4 is 0 Å². The molecule has 0 amide bonds. The van der Waals surface area contributed by atoms with E-state index in [-0.39, 0.29) is 33.0 Å². The first-order valence-electron chi connectivity index (χ1n) is 13.1. The van der Waals surface area contributed by atoms with E-state index in [9.17, 15) is 15.3 Å². The summed E-state index contributed by atoms with van der Waals surface area (Å²) in [6.07, 6.45) is 12.1. The van der Waals surface area contributed by atoms with Crippen LogP contribution in [0.1, 0.15) is 66.2 Å². The van der Waals surface area contributed by atoms with Crippen LogP contribution in [0.5, 0.6) is 0 Å². The van der Waals surface area contributed by atoms with E-state index >= 15 is 0 Å². The van der Waals surface area contributed by atoms with Crippen LogP contribution in [-0.2, 0) is 28.4 Å². The van der Waals surface area contributed by atoms with Gasteiger partial charge in [-0.3, -0.25) is 0 Å². The van der Waals surface area contributed by atoms with Crippen LogP contribution in [0.15, 0.2) is 37.0 Å². The third-order valence-electron chi connectivity index (χ3n) is 4.75. The van der Waals surface area contributed by atoms with Crippen molar-refractivity contribution in [1.29, 1.82) is 0 Å². The average Bonchev–Trinajstić information content (AvgIpc) is 2.86.